The summed E-state index contributed by atoms with van der Waals surface area (Å²) in [6.45, 7) is 0. The van der Waals surface area contributed by atoms with E-state index in [4.69, 9.17) is 4.74 Å². The van der Waals surface area contributed by atoms with Crippen LogP contribution in [0.25, 0.3) is 0 Å². The third-order valence-corrected chi connectivity index (χ3v) is 6.69. The van der Waals surface area contributed by atoms with Gasteiger partial charge < -0.3 is 10.1 Å². The van der Waals surface area contributed by atoms with Crippen LogP contribution < -0.4 is 15.4 Å². The fraction of sp³-hybridized carbons (Fsp3) is 0.417. The molecule has 0 spiro atoms. The molecule has 0 aliphatic heterocycles. The van der Waals surface area contributed by atoms with Crippen LogP contribution in [-0.4, -0.2) is 17.5 Å². The van der Waals surface area contributed by atoms with Crippen LogP contribution in [0.4, 0.5) is 10.5 Å². The van der Waals surface area contributed by atoms with Gasteiger partial charge in [-0.2, -0.15) is 0 Å². The van der Waals surface area contributed by atoms with Gasteiger partial charge in [0.1, 0.15) is 11.4 Å². The Morgan fingerprint density at radius 3 is 2.00 bits per heavy atom. The molecule has 5 nitrogen and oxygen atoms in total. The highest BCUT2D eigenvalue weighted by atomic mass is 16.5. The Balaban J connectivity index is 1.19. The van der Waals surface area contributed by atoms with Crippen molar-refractivity contribution in [2.45, 2.75) is 44.1 Å². The molecule has 6 rings (SSSR count). The van der Waals surface area contributed by atoms with E-state index < -0.39 is 11.9 Å². The predicted octanol–water partition coefficient (Wildman–Crippen LogP) is 5.00. The molecule has 4 aliphatic carbocycles. The van der Waals surface area contributed by atoms with Gasteiger partial charge in [0, 0.05) is 11.3 Å². The minimum atomic E-state index is -0.548. The number of benzene rings is 2. The van der Waals surface area contributed by atoms with Gasteiger partial charge in [-0.3, -0.25) is 10.1 Å². The maximum Gasteiger partial charge on any atom is 0.326 e. The van der Waals surface area contributed by atoms with Crippen molar-refractivity contribution >= 4 is 17.6 Å². The van der Waals surface area contributed by atoms with Crippen molar-refractivity contribution in [1.82, 2.24) is 5.32 Å². The Hall–Kier alpha value is -2.82. The number of amides is 3. The number of carbonyl (C=O) groups is 2. The Morgan fingerprint density at radius 2 is 1.41 bits per heavy atom. The molecule has 4 bridgehead atoms. The molecule has 3 amide bonds. The topological polar surface area (TPSA) is 67.4 Å². The monoisotopic (exact) mass is 390 g/mol. The molecule has 2 aromatic carbocycles. The van der Waals surface area contributed by atoms with E-state index in [1.54, 1.807) is 24.3 Å². The highest BCUT2D eigenvalue weighted by Crippen LogP contribution is 2.57. The summed E-state index contributed by atoms with van der Waals surface area (Å²) in [5.41, 5.74) is 1.09. The van der Waals surface area contributed by atoms with Gasteiger partial charge in [0.05, 0.1) is 0 Å². The first kappa shape index (κ1) is 18.2. The first-order chi connectivity index (χ1) is 14.1. The minimum absolute atomic E-state index is 0.0170. The lowest BCUT2D eigenvalue weighted by atomic mass is 9.54. The lowest BCUT2D eigenvalue weighted by Crippen LogP contribution is -2.53. The molecule has 0 saturated heterocycles. The summed E-state index contributed by atoms with van der Waals surface area (Å²) in [6, 6.07) is 15.6. The smallest absolute Gasteiger partial charge is 0.326 e. The minimum Gasteiger partial charge on any atom is -0.487 e. The number of hydrogen-bond donors (Lipinski definition) is 2. The molecule has 5 heteroatoms. The maximum atomic E-state index is 12.1. The Kier molecular flexibility index (Phi) is 4.53. The van der Waals surface area contributed by atoms with E-state index in [0.29, 0.717) is 11.3 Å². The number of hydrogen-bond acceptors (Lipinski definition) is 3. The third kappa shape index (κ3) is 3.86. The second-order valence-electron chi connectivity index (χ2n) is 9.00. The summed E-state index contributed by atoms with van der Waals surface area (Å²) in [4.78, 5) is 24.2. The van der Waals surface area contributed by atoms with Crippen molar-refractivity contribution in [2.75, 3.05) is 5.32 Å². The van der Waals surface area contributed by atoms with Crippen LogP contribution in [-0.2, 0) is 0 Å². The van der Waals surface area contributed by atoms with E-state index in [1.807, 2.05) is 30.3 Å². The Morgan fingerprint density at radius 1 is 0.828 bits per heavy atom. The molecule has 0 unspecified atom stereocenters. The quantitative estimate of drug-likeness (QED) is 0.772. The van der Waals surface area contributed by atoms with Crippen LogP contribution in [0.2, 0.25) is 0 Å². The van der Waals surface area contributed by atoms with Crippen molar-refractivity contribution in [3.8, 4) is 5.75 Å². The summed E-state index contributed by atoms with van der Waals surface area (Å²) in [5, 5.41) is 5.04. The van der Waals surface area contributed by atoms with E-state index >= 15 is 0 Å². The summed E-state index contributed by atoms with van der Waals surface area (Å²) < 4.78 is 6.51. The number of rotatable bonds is 4. The molecular formula is C24H26N2O3. The van der Waals surface area contributed by atoms with Crippen molar-refractivity contribution in [3.63, 3.8) is 0 Å². The van der Waals surface area contributed by atoms with E-state index in [2.05, 4.69) is 10.6 Å². The zero-order chi connectivity index (χ0) is 19.8. The lowest BCUT2D eigenvalue weighted by Gasteiger charge is -2.56. The fourth-order valence-corrected chi connectivity index (χ4v) is 5.94. The number of nitrogens with one attached hydrogen (secondary N) is 2. The van der Waals surface area contributed by atoms with Crippen molar-refractivity contribution in [3.05, 3.63) is 60.2 Å². The van der Waals surface area contributed by atoms with Gasteiger partial charge in [0.2, 0.25) is 0 Å². The largest absolute Gasteiger partial charge is 0.487 e. The van der Waals surface area contributed by atoms with Crippen LogP contribution in [0, 0.1) is 17.8 Å². The summed E-state index contributed by atoms with van der Waals surface area (Å²) >= 11 is 0. The molecule has 0 atom stereocenters. The maximum absolute atomic E-state index is 12.1. The molecule has 0 radical (unpaired) electrons. The third-order valence-electron chi connectivity index (χ3n) is 6.69. The van der Waals surface area contributed by atoms with Gasteiger partial charge in [0.15, 0.2) is 0 Å². The van der Waals surface area contributed by atoms with Gasteiger partial charge >= 0.3 is 6.03 Å². The van der Waals surface area contributed by atoms with E-state index in [-0.39, 0.29) is 5.60 Å². The first-order valence-corrected chi connectivity index (χ1v) is 10.5. The van der Waals surface area contributed by atoms with E-state index in [1.165, 1.54) is 38.5 Å². The van der Waals surface area contributed by atoms with Gasteiger partial charge in [-0.05, 0) is 92.7 Å². The van der Waals surface area contributed by atoms with Gasteiger partial charge in [-0.15, -0.1) is 0 Å². The number of urea groups is 1. The second kappa shape index (κ2) is 7.21. The summed E-state index contributed by atoms with van der Waals surface area (Å²) in [5.74, 6) is 2.96. The molecule has 2 N–H and O–H groups in total. The highest BCUT2D eigenvalue weighted by molar-refractivity contribution is 6.07. The van der Waals surface area contributed by atoms with E-state index in [0.717, 1.165) is 23.5 Å². The molecule has 2 aromatic rings. The molecule has 4 fully saturated rings. The lowest BCUT2D eigenvalue weighted by molar-refractivity contribution is -0.107. The molecule has 4 aliphatic rings. The molecular weight excluding hydrogens is 364 g/mol. The molecule has 29 heavy (non-hydrogen) atoms. The first-order valence-electron chi connectivity index (χ1n) is 10.5. The molecule has 0 aromatic heterocycles. The fourth-order valence-electron chi connectivity index (χ4n) is 5.94. The van der Waals surface area contributed by atoms with E-state index in [9.17, 15) is 9.59 Å². The number of anilines is 1. The summed E-state index contributed by atoms with van der Waals surface area (Å²) in [6.07, 6.45) is 7.72. The van der Waals surface area contributed by atoms with Crippen molar-refractivity contribution in [2.24, 2.45) is 17.8 Å². The number of ether oxygens (including phenoxy) is 1. The van der Waals surface area contributed by atoms with Gasteiger partial charge in [-0.25, -0.2) is 4.79 Å². The normalized spacial score (nSPS) is 29.3. The van der Waals surface area contributed by atoms with Crippen LogP contribution in [0.3, 0.4) is 0 Å². The zero-order valence-corrected chi connectivity index (χ0v) is 16.4. The SMILES string of the molecule is O=C(NC(=O)c1ccccc1)Nc1ccc(OC23CC4CC(CC(C4)C2)C3)cc1. The van der Waals surface area contributed by atoms with Crippen molar-refractivity contribution in [1.29, 1.82) is 0 Å². The van der Waals surface area contributed by atoms with Gasteiger partial charge in [-0.1, -0.05) is 18.2 Å². The van der Waals surface area contributed by atoms with Crippen LogP contribution in [0.1, 0.15) is 48.9 Å². The Bertz CT molecular complexity index is 872. The molecule has 150 valence electrons. The highest BCUT2D eigenvalue weighted by Gasteiger charge is 2.52. The Labute approximate surface area is 170 Å². The molecule has 0 heterocycles. The zero-order valence-electron chi connectivity index (χ0n) is 16.4. The standard InChI is InChI=1S/C24H26N2O3/c27-22(19-4-2-1-3-5-19)26-23(28)25-20-6-8-21(9-7-20)29-24-13-16-10-17(14-24)12-18(11-16)15-24/h1-9,16-18H,10-15H2,(H2,25,26,27,28). The van der Waals surface area contributed by atoms with Crippen molar-refractivity contribution < 1.29 is 14.3 Å². The summed E-state index contributed by atoms with van der Waals surface area (Å²) in [7, 11) is 0. The number of carbonyl (C=O) groups excluding carboxylic acids is 2. The number of imide groups is 1. The second-order valence-corrected chi connectivity index (χ2v) is 9.00. The van der Waals surface area contributed by atoms with Gasteiger partial charge in [0.25, 0.3) is 5.91 Å². The molecule has 4 saturated carbocycles. The van der Waals surface area contributed by atoms with Crippen LogP contribution in [0.5, 0.6) is 5.75 Å². The average Bonchev–Trinajstić information content (AvgIpc) is 2.69. The van der Waals surface area contributed by atoms with Crippen LogP contribution in [0.15, 0.2) is 54.6 Å². The van der Waals surface area contributed by atoms with Crippen LogP contribution >= 0.6 is 0 Å². The predicted molar refractivity (Wildman–Crippen MR) is 111 cm³/mol. The average molecular weight is 390 g/mol.